The summed E-state index contributed by atoms with van der Waals surface area (Å²) in [5.74, 6) is -3.85. The van der Waals surface area contributed by atoms with E-state index >= 15 is 0 Å². The van der Waals surface area contributed by atoms with Gasteiger partial charge in [0.25, 0.3) is 0 Å². The summed E-state index contributed by atoms with van der Waals surface area (Å²) in [7, 11) is 0. The lowest BCUT2D eigenvalue weighted by atomic mass is 10.00. The number of carbonyl (C=O) groups is 4. The van der Waals surface area contributed by atoms with E-state index in [9.17, 15) is 29.4 Å². The van der Waals surface area contributed by atoms with Crippen molar-refractivity contribution in [2.45, 2.75) is 57.5 Å². The van der Waals surface area contributed by atoms with Gasteiger partial charge in [-0.2, -0.15) is 12.6 Å². The Morgan fingerprint density at radius 1 is 1.00 bits per heavy atom. The number of hydrogen-bond acceptors (Lipinski definition) is 7. The number of benzene rings is 1. The van der Waals surface area contributed by atoms with Gasteiger partial charge in [-0.1, -0.05) is 32.0 Å². The van der Waals surface area contributed by atoms with Crippen molar-refractivity contribution >= 4 is 47.2 Å². The standard InChI is InChI=1S/C23H33N5O6S/c1-11(2)19(22(32)27-17(10-35)23(33)34)28-20(30)16(26-21(31)18(24)12(3)29)8-13-9-25-15-7-5-4-6-14(13)15/h4-7,9,11-12,16-19,25,29,35H,8,10,24H2,1-3H3,(H,26,31)(H,27,32)(H,28,30)(H,33,34). The Bertz CT molecular complexity index is 1060. The summed E-state index contributed by atoms with van der Waals surface area (Å²) in [6, 6.07) is 2.76. The first-order valence-corrected chi connectivity index (χ1v) is 11.8. The summed E-state index contributed by atoms with van der Waals surface area (Å²) < 4.78 is 0. The molecule has 0 bridgehead atoms. The maximum Gasteiger partial charge on any atom is 0.327 e. The molecule has 5 unspecified atom stereocenters. The van der Waals surface area contributed by atoms with E-state index in [0.717, 1.165) is 16.5 Å². The molecule has 1 heterocycles. The first-order chi connectivity index (χ1) is 16.5. The molecule has 0 aliphatic rings. The van der Waals surface area contributed by atoms with E-state index in [4.69, 9.17) is 5.73 Å². The van der Waals surface area contributed by atoms with Crippen molar-refractivity contribution < 1.29 is 29.4 Å². The van der Waals surface area contributed by atoms with Crippen LogP contribution in [0.1, 0.15) is 26.3 Å². The number of carboxylic acid groups (broad SMARTS) is 1. The number of aromatic amines is 1. The second kappa shape index (κ2) is 12.6. The highest BCUT2D eigenvalue weighted by molar-refractivity contribution is 7.80. The van der Waals surface area contributed by atoms with Gasteiger partial charge in [0, 0.05) is 29.3 Å². The average Bonchev–Trinajstić information content (AvgIpc) is 3.21. The minimum atomic E-state index is -1.26. The SMILES string of the molecule is CC(C)C(NC(=O)C(Cc1c[nH]c2ccccc12)NC(=O)C(N)C(C)O)C(=O)NC(CS)C(=O)O. The number of rotatable bonds is 12. The lowest BCUT2D eigenvalue weighted by molar-refractivity contribution is -0.142. The zero-order valence-corrected chi connectivity index (χ0v) is 20.7. The van der Waals surface area contributed by atoms with E-state index in [0.29, 0.717) is 0 Å². The third-order valence-electron chi connectivity index (χ3n) is 5.60. The number of H-pyrrole nitrogens is 1. The number of aliphatic carboxylic acids is 1. The maximum absolute atomic E-state index is 13.3. The predicted octanol–water partition coefficient (Wildman–Crippen LogP) is -0.457. The molecule has 3 amide bonds. The normalized spacial score (nSPS) is 15.6. The summed E-state index contributed by atoms with van der Waals surface area (Å²) in [4.78, 5) is 53.0. The van der Waals surface area contributed by atoms with Gasteiger partial charge in [-0.3, -0.25) is 14.4 Å². The second-order valence-electron chi connectivity index (χ2n) is 8.70. The third-order valence-corrected chi connectivity index (χ3v) is 5.96. The van der Waals surface area contributed by atoms with Crippen molar-refractivity contribution in [2.24, 2.45) is 11.7 Å². The number of carboxylic acids is 1. The van der Waals surface area contributed by atoms with Crippen molar-refractivity contribution in [3.8, 4) is 0 Å². The summed E-state index contributed by atoms with van der Waals surface area (Å²) >= 11 is 3.94. The van der Waals surface area contributed by atoms with Crippen molar-refractivity contribution in [1.29, 1.82) is 0 Å². The van der Waals surface area contributed by atoms with Gasteiger partial charge in [0.05, 0.1) is 6.10 Å². The molecule has 2 rings (SSSR count). The molecule has 0 radical (unpaired) electrons. The number of amides is 3. The van der Waals surface area contributed by atoms with E-state index in [1.807, 2.05) is 24.3 Å². The Balaban J connectivity index is 2.29. The van der Waals surface area contributed by atoms with Crippen LogP contribution in [0.3, 0.4) is 0 Å². The fraction of sp³-hybridized carbons (Fsp3) is 0.478. The monoisotopic (exact) mass is 507 g/mol. The molecule has 0 aliphatic heterocycles. The molecule has 1 aromatic heterocycles. The summed E-state index contributed by atoms with van der Waals surface area (Å²) in [6.07, 6.45) is 0.660. The number of aliphatic hydroxyl groups is 1. The van der Waals surface area contributed by atoms with Crippen molar-refractivity contribution in [2.75, 3.05) is 5.75 Å². The molecular formula is C23H33N5O6S. The molecule has 0 aliphatic carbocycles. The van der Waals surface area contributed by atoms with Crippen LogP contribution in [0.4, 0.5) is 0 Å². The molecule has 11 nitrogen and oxygen atoms in total. The Morgan fingerprint density at radius 2 is 1.63 bits per heavy atom. The van der Waals surface area contributed by atoms with Crippen molar-refractivity contribution in [3.63, 3.8) is 0 Å². The number of aliphatic hydroxyl groups excluding tert-OH is 1. The van der Waals surface area contributed by atoms with Crippen LogP contribution in [0.5, 0.6) is 0 Å². The fourth-order valence-corrected chi connectivity index (χ4v) is 3.70. The molecular weight excluding hydrogens is 474 g/mol. The molecule has 8 N–H and O–H groups in total. The third kappa shape index (κ3) is 7.44. The molecule has 12 heteroatoms. The number of nitrogens with one attached hydrogen (secondary N) is 4. The maximum atomic E-state index is 13.3. The molecule has 1 aromatic carbocycles. The van der Waals surface area contributed by atoms with Crippen molar-refractivity contribution in [1.82, 2.24) is 20.9 Å². The minimum Gasteiger partial charge on any atom is -0.480 e. The van der Waals surface area contributed by atoms with Gasteiger partial charge in [-0.25, -0.2) is 4.79 Å². The van der Waals surface area contributed by atoms with Gasteiger partial charge in [0.15, 0.2) is 0 Å². The van der Waals surface area contributed by atoms with Gasteiger partial charge in [0.1, 0.15) is 24.2 Å². The molecule has 192 valence electrons. The Labute approximate surface area is 208 Å². The number of carbonyl (C=O) groups excluding carboxylic acids is 3. The van der Waals surface area contributed by atoms with Crippen molar-refractivity contribution in [3.05, 3.63) is 36.0 Å². The zero-order chi connectivity index (χ0) is 26.3. The molecule has 0 saturated heterocycles. The lowest BCUT2D eigenvalue weighted by Crippen LogP contribution is -2.59. The Morgan fingerprint density at radius 3 is 2.20 bits per heavy atom. The van der Waals surface area contributed by atoms with E-state index < -0.39 is 59.9 Å². The van der Waals surface area contributed by atoms with E-state index in [-0.39, 0.29) is 12.2 Å². The Hall–Kier alpha value is -3.09. The number of thiol groups is 1. The first kappa shape index (κ1) is 28.1. The molecule has 0 saturated carbocycles. The van der Waals surface area contributed by atoms with Gasteiger partial charge >= 0.3 is 5.97 Å². The number of hydrogen-bond donors (Lipinski definition) is 8. The second-order valence-corrected chi connectivity index (χ2v) is 9.07. The van der Waals surface area contributed by atoms with Crippen LogP contribution >= 0.6 is 12.6 Å². The number of aromatic nitrogens is 1. The highest BCUT2D eigenvalue weighted by Gasteiger charge is 2.32. The van der Waals surface area contributed by atoms with Crippen LogP contribution in [0, 0.1) is 5.92 Å². The topological polar surface area (TPSA) is 187 Å². The minimum absolute atomic E-state index is 0.0783. The molecule has 5 atom stereocenters. The summed E-state index contributed by atoms with van der Waals surface area (Å²) in [5, 5.41) is 27.3. The van der Waals surface area contributed by atoms with Crippen LogP contribution in [0.2, 0.25) is 0 Å². The fourth-order valence-electron chi connectivity index (χ4n) is 3.45. The zero-order valence-electron chi connectivity index (χ0n) is 19.8. The van der Waals surface area contributed by atoms with E-state index in [1.54, 1.807) is 20.0 Å². The highest BCUT2D eigenvalue weighted by atomic mass is 32.1. The first-order valence-electron chi connectivity index (χ1n) is 11.2. The highest BCUT2D eigenvalue weighted by Crippen LogP contribution is 2.19. The molecule has 0 spiro atoms. The Kier molecular flexibility index (Phi) is 10.1. The van der Waals surface area contributed by atoms with Gasteiger partial charge in [0.2, 0.25) is 17.7 Å². The smallest absolute Gasteiger partial charge is 0.327 e. The number of nitrogens with two attached hydrogens (primary N) is 1. The number of fused-ring (bicyclic) bond motifs is 1. The molecule has 0 fully saturated rings. The van der Waals surface area contributed by atoms with E-state index in [2.05, 4.69) is 33.6 Å². The molecule has 35 heavy (non-hydrogen) atoms. The van der Waals surface area contributed by atoms with Crippen LogP contribution in [-0.2, 0) is 25.6 Å². The van der Waals surface area contributed by atoms with Crippen LogP contribution in [0.15, 0.2) is 30.5 Å². The van der Waals surface area contributed by atoms with E-state index in [1.165, 1.54) is 6.92 Å². The van der Waals surface area contributed by atoms with Gasteiger partial charge < -0.3 is 36.9 Å². The van der Waals surface area contributed by atoms with Crippen LogP contribution in [0.25, 0.3) is 10.9 Å². The van der Waals surface area contributed by atoms with Gasteiger partial charge in [-0.15, -0.1) is 0 Å². The quantitative estimate of drug-likeness (QED) is 0.179. The van der Waals surface area contributed by atoms with Gasteiger partial charge in [-0.05, 0) is 24.5 Å². The lowest BCUT2D eigenvalue weighted by Gasteiger charge is -2.27. The number of para-hydroxylation sites is 1. The molecule has 2 aromatic rings. The van der Waals surface area contributed by atoms with Crippen LogP contribution in [-0.4, -0.2) is 74.9 Å². The average molecular weight is 508 g/mol. The summed E-state index contributed by atoms with van der Waals surface area (Å²) in [5.41, 5.74) is 7.34. The predicted molar refractivity (Wildman–Crippen MR) is 134 cm³/mol. The van der Waals surface area contributed by atoms with Crippen LogP contribution < -0.4 is 21.7 Å². The summed E-state index contributed by atoms with van der Waals surface area (Å²) in [6.45, 7) is 4.74. The largest absolute Gasteiger partial charge is 0.480 e.